The number of rotatable bonds is 5. The number of ether oxygens (including phenoxy) is 1. The molecular formula is C20H21N3O2. The van der Waals surface area contributed by atoms with Crippen LogP contribution < -0.4 is 4.74 Å². The molecule has 25 heavy (non-hydrogen) atoms. The molecule has 5 nitrogen and oxygen atoms in total. The van der Waals surface area contributed by atoms with Gasteiger partial charge in [0.25, 0.3) is 0 Å². The fourth-order valence-corrected chi connectivity index (χ4v) is 3.62. The van der Waals surface area contributed by atoms with Gasteiger partial charge in [-0.05, 0) is 24.3 Å². The second kappa shape index (κ2) is 7.05. The Labute approximate surface area is 146 Å². The van der Waals surface area contributed by atoms with Gasteiger partial charge in [-0.3, -0.25) is 9.89 Å². The largest absolute Gasteiger partial charge is 0.492 e. The van der Waals surface area contributed by atoms with Crippen LogP contribution >= 0.6 is 0 Å². The Kier molecular flexibility index (Phi) is 4.46. The summed E-state index contributed by atoms with van der Waals surface area (Å²) in [5, 5.41) is 7.85. The molecule has 0 aliphatic heterocycles. The lowest BCUT2D eigenvalue weighted by molar-refractivity contribution is 0.112. The van der Waals surface area contributed by atoms with Crippen LogP contribution in [-0.2, 0) is 0 Å². The summed E-state index contributed by atoms with van der Waals surface area (Å²) in [6.07, 6.45) is 10.7. The molecule has 5 heteroatoms. The molecule has 3 aromatic rings. The minimum Gasteiger partial charge on any atom is -0.492 e. The van der Waals surface area contributed by atoms with E-state index in [-0.39, 0.29) is 0 Å². The summed E-state index contributed by atoms with van der Waals surface area (Å²) in [5.41, 5.74) is 3.01. The molecule has 128 valence electrons. The van der Waals surface area contributed by atoms with Crippen molar-refractivity contribution in [2.45, 2.75) is 32.1 Å². The SMILES string of the molecule is O=Cc1ccccc1-c1cnc2[nH]ncc2c1OCC1CCCCC1. The van der Waals surface area contributed by atoms with Crippen LogP contribution in [0.3, 0.4) is 0 Å². The second-order valence-corrected chi connectivity index (χ2v) is 6.65. The molecule has 4 rings (SSSR count). The van der Waals surface area contributed by atoms with E-state index in [1.54, 1.807) is 12.4 Å². The van der Waals surface area contributed by atoms with Gasteiger partial charge in [-0.25, -0.2) is 4.98 Å². The summed E-state index contributed by atoms with van der Waals surface area (Å²) in [5.74, 6) is 1.36. The number of aromatic nitrogens is 3. The van der Waals surface area contributed by atoms with Gasteiger partial charge in [-0.2, -0.15) is 5.10 Å². The number of benzene rings is 1. The van der Waals surface area contributed by atoms with E-state index in [1.165, 1.54) is 32.1 Å². The minimum absolute atomic E-state index is 0.595. The summed E-state index contributed by atoms with van der Waals surface area (Å²) in [4.78, 5) is 15.9. The third-order valence-electron chi connectivity index (χ3n) is 5.00. The van der Waals surface area contributed by atoms with E-state index in [0.717, 1.165) is 28.5 Å². The molecule has 0 radical (unpaired) electrons. The first-order valence-electron chi connectivity index (χ1n) is 8.86. The number of hydrogen-bond donors (Lipinski definition) is 1. The number of nitrogens with zero attached hydrogens (tertiary/aromatic N) is 2. The molecule has 1 fully saturated rings. The first-order chi connectivity index (χ1) is 12.4. The lowest BCUT2D eigenvalue weighted by Crippen LogP contribution is -2.15. The van der Waals surface area contributed by atoms with Crippen LogP contribution in [-0.4, -0.2) is 28.1 Å². The highest BCUT2D eigenvalue weighted by molar-refractivity contribution is 5.95. The highest BCUT2D eigenvalue weighted by atomic mass is 16.5. The average Bonchev–Trinajstić information content (AvgIpc) is 3.16. The lowest BCUT2D eigenvalue weighted by Gasteiger charge is -2.22. The summed E-state index contributed by atoms with van der Waals surface area (Å²) in [6.45, 7) is 0.695. The number of H-pyrrole nitrogens is 1. The molecule has 1 saturated carbocycles. The molecule has 0 bridgehead atoms. The zero-order chi connectivity index (χ0) is 17.1. The van der Waals surface area contributed by atoms with Gasteiger partial charge in [0.15, 0.2) is 11.9 Å². The first kappa shape index (κ1) is 15.8. The first-order valence-corrected chi connectivity index (χ1v) is 8.86. The predicted molar refractivity (Wildman–Crippen MR) is 96.8 cm³/mol. The van der Waals surface area contributed by atoms with Crippen molar-refractivity contribution in [1.29, 1.82) is 0 Å². The van der Waals surface area contributed by atoms with Gasteiger partial charge in [-0.15, -0.1) is 0 Å². The quantitative estimate of drug-likeness (QED) is 0.702. The Bertz CT molecular complexity index is 882. The Morgan fingerprint density at radius 2 is 1.96 bits per heavy atom. The van der Waals surface area contributed by atoms with E-state index < -0.39 is 0 Å². The van der Waals surface area contributed by atoms with Crippen molar-refractivity contribution >= 4 is 17.3 Å². The zero-order valence-electron chi connectivity index (χ0n) is 14.1. The molecule has 0 unspecified atom stereocenters. The number of aldehydes is 1. The predicted octanol–water partition coefficient (Wildman–Crippen LogP) is 4.40. The van der Waals surface area contributed by atoms with E-state index in [4.69, 9.17) is 4.74 Å². The Hall–Kier alpha value is -2.69. The topological polar surface area (TPSA) is 67.9 Å². The number of fused-ring (bicyclic) bond motifs is 1. The van der Waals surface area contributed by atoms with Crippen LogP contribution in [0, 0.1) is 5.92 Å². The van der Waals surface area contributed by atoms with Crippen molar-refractivity contribution in [3.8, 4) is 16.9 Å². The van der Waals surface area contributed by atoms with Crippen molar-refractivity contribution in [3.05, 3.63) is 42.2 Å². The number of hydrogen-bond acceptors (Lipinski definition) is 4. The summed E-state index contributed by atoms with van der Waals surface area (Å²) in [7, 11) is 0. The maximum Gasteiger partial charge on any atom is 0.158 e. The highest BCUT2D eigenvalue weighted by Gasteiger charge is 2.19. The molecule has 0 spiro atoms. The van der Waals surface area contributed by atoms with Gasteiger partial charge in [-0.1, -0.05) is 43.5 Å². The van der Waals surface area contributed by atoms with E-state index in [9.17, 15) is 4.79 Å². The monoisotopic (exact) mass is 335 g/mol. The van der Waals surface area contributed by atoms with Gasteiger partial charge in [0, 0.05) is 17.3 Å². The molecule has 2 aromatic heterocycles. The number of carbonyl (C=O) groups is 1. The Morgan fingerprint density at radius 1 is 1.12 bits per heavy atom. The molecule has 1 N–H and O–H groups in total. The van der Waals surface area contributed by atoms with Crippen molar-refractivity contribution in [1.82, 2.24) is 15.2 Å². The van der Waals surface area contributed by atoms with Gasteiger partial charge in [0.2, 0.25) is 0 Å². The van der Waals surface area contributed by atoms with Crippen LogP contribution in [0.1, 0.15) is 42.5 Å². The minimum atomic E-state index is 0.595. The van der Waals surface area contributed by atoms with E-state index in [2.05, 4.69) is 15.2 Å². The Balaban J connectivity index is 1.74. The van der Waals surface area contributed by atoms with Crippen molar-refractivity contribution in [3.63, 3.8) is 0 Å². The van der Waals surface area contributed by atoms with Crippen LogP contribution in [0.2, 0.25) is 0 Å². The summed E-state index contributed by atoms with van der Waals surface area (Å²) >= 11 is 0. The number of nitrogens with one attached hydrogen (secondary N) is 1. The molecule has 0 saturated heterocycles. The highest BCUT2D eigenvalue weighted by Crippen LogP contribution is 2.37. The normalized spacial score (nSPS) is 15.4. The molecule has 2 heterocycles. The van der Waals surface area contributed by atoms with Gasteiger partial charge in [0.1, 0.15) is 5.75 Å². The van der Waals surface area contributed by atoms with Gasteiger partial charge in [0.05, 0.1) is 18.2 Å². The fourth-order valence-electron chi connectivity index (χ4n) is 3.62. The van der Waals surface area contributed by atoms with Crippen molar-refractivity contribution in [2.75, 3.05) is 6.61 Å². The third-order valence-corrected chi connectivity index (χ3v) is 5.00. The molecule has 1 aliphatic rings. The number of carbonyl (C=O) groups excluding carboxylic acids is 1. The van der Waals surface area contributed by atoms with E-state index >= 15 is 0 Å². The van der Waals surface area contributed by atoms with Gasteiger partial charge >= 0.3 is 0 Å². The molecule has 1 aliphatic carbocycles. The summed E-state index contributed by atoms with van der Waals surface area (Å²) in [6, 6.07) is 7.53. The average molecular weight is 335 g/mol. The standard InChI is InChI=1S/C20H21N3O2/c24-12-15-8-4-5-9-16(15)17-10-21-20-18(11-22-23-20)19(17)25-13-14-6-2-1-3-7-14/h4-5,8-12,14H,1-3,6-7,13H2,(H,21,22,23). The number of pyridine rings is 1. The van der Waals surface area contributed by atoms with E-state index in [1.807, 2.05) is 24.3 Å². The van der Waals surface area contributed by atoms with Crippen LogP contribution in [0.25, 0.3) is 22.2 Å². The maximum absolute atomic E-state index is 11.5. The lowest BCUT2D eigenvalue weighted by atomic mass is 9.90. The zero-order valence-corrected chi connectivity index (χ0v) is 14.1. The third kappa shape index (κ3) is 3.14. The van der Waals surface area contributed by atoms with Crippen LogP contribution in [0.4, 0.5) is 0 Å². The van der Waals surface area contributed by atoms with Crippen molar-refractivity contribution < 1.29 is 9.53 Å². The van der Waals surface area contributed by atoms with Crippen molar-refractivity contribution in [2.24, 2.45) is 5.92 Å². The molecular weight excluding hydrogens is 314 g/mol. The number of aromatic amines is 1. The fraction of sp³-hybridized carbons (Fsp3) is 0.350. The van der Waals surface area contributed by atoms with Crippen LogP contribution in [0.15, 0.2) is 36.7 Å². The molecule has 0 amide bonds. The maximum atomic E-state index is 11.5. The second-order valence-electron chi connectivity index (χ2n) is 6.65. The van der Waals surface area contributed by atoms with Crippen LogP contribution in [0.5, 0.6) is 5.75 Å². The Morgan fingerprint density at radius 3 is 2.80 bits per heavy atom. The van der Waals surface area contributed by atoms with Gasteiger partial charge < -0.3 is 4.74 Å². The summed E-state index contributed by atoms with van der Waals surface area (Å²) < 4.78 is 6.29. The molecule has 0 atom stereocenters. The van der Waals surface area contributed by atoms with E-state index in [0.29, 0.717) is 23.7 Å². The smallest absolute Gasteiger partial charge is 0.158 e. The molecule has 1 aromatic carbocycles.